The van der Waals surface area contributed by atoms with Crippen LogP contribution >= 0.6 is 0 Å². The Labute approximate surface area is 100 Å². The molecule has 0 amide bonds. The molecule has 1 heterocycles. The zero-order chi connectivity index (χ0) is 12.4. The fourth-order valence-electron chi connectivity index (χ4n) is 1.85. The van der Waals surface area contributed by atoms with Crippen LogP contribution in [-0.2, 0) is 4.74 Å². The number of hydrogen-bond acceptors (Lipinski definition) is 3. The SMILES string of the molecule is CCCOC(=O)c1c(C)oc2ccc(C)cc12. The third-order valence-electron chi connectivity index (χ3n) is 2.66. The molecule has 0 spiro atoms. The van der Waals surface area contributed by atoms with Crippen molar-refractivity contribution in [3.05, 3.63) is 35.1 Å². The minimum absolute atomic E-state index is 0.297. The average molecular weight is 232 g/mol. The predicted octanol–water partition coefficient (Wildman–Crippen LogP) is 3.62. The molecule has 3 nitrogen and oxygen atoms in total. The number of fused-ring (bicyclic) bond motifs is 1. The van der Waals surface area contributed by atoms with Gasteiger partial charge in [-0.25, -0.2) is 4.79 Å². The van der Waals surface area contributed by atoms with Gasteiger partial charge in [-0.05, 0) is 32.4 Å². The molecule has 0 aliphatic heterocycles. The van der Waals surface area contributed by atoms with E-state index in [9.17, 15) is 4.79 Å². The Balaban J connectivity index is 2.48. The van der Waals surface area contributed by atoms with Crippen LogP contribution in [-0.4, -0.2) is 12.6 Å². The van der Waals surface area contributed by atoms with E-state index in [2.05, 4.69) is 0 Å². The second-order valence-electron chi connectivity index (χ2n) is 4.17. The van der Waals surface area contributed by atoms with Gasteiger partial charge in [-0.3, -0.25) is 0 Å². The predicted molar refractivity (Wildman–Crippen MR) is 66.3 cm³/mol. The summed E-state index contributed by atoms with van der Waals surface area (Å²) in [5, 5.41) is 0.837. The lowest BCUT2D eigenvalue weighted by Crippen LogP contribution is -2.06. The maximum Gasteiger partial charge on any atom is 0.342 e. The lowest BCUT2D eigenvalue weighted by atomic mass is 10.1. The van der Waals surface area contributed by atoms with Crippen LogP contribution in [0.5, 0.6) is 0 Å². The highest BCUT2D eigenvalue weighted by Gasteiger charge is 2.19. The van der Waals surface area contributed by atoms with Crippen molar-refractivity contribution in [1.29, 1.82) is 0 Å². The second-order valence-corrected chi connectivity index (χ2v) is 4.17. The van der Waals surface area contributed by atoms with E-state index < -0.39 is 0 Å². The molecule has 2 rings (SSSR count). The molecule has 0 fully saturated rings. The Morgan fingerprint density at radius 2 is 2.12 bits per heavy atom. The van der Waals surface area contributed by atoms with Gasteiger partial charge in [0.15, 0.2) is 0 Å². The molecule has 0 saturated heterocycles. The summed E-state index contributed by atoms with van der Waals surface area (Å²) < 4.78 is 10.7. The van der Waals surface area contributed by atoms with Crippen molar-refractivity contribution >= 4 is 16.9 Å². The molecule has 90 valence electrons. The van der Waals surface area contributed by atoms with E-state index in [4.69, 9.17) is 9.15 Å². The molecule has 1 aromatic heterocycles. The number of aryl methyl sites for hydroxylation is 2. The van der Waals surface area contributed by atoms with Gasteiger partial charge in [-0.1, -0.05) is 18.6 Å². The molecule has 0 aliphatic carbocycles. The first-order chi connectivity index (χ1) is 8.13. The van der Waals surface area contributed by atoms with Gasteiger partial charge in [-0.2, -0.15) is 0 Å². The van der Waals surface area contributed by atoms with Gasteiger partial charge in [0.25, 0.3) is 0 Å². The summed E-state index contributed by atoms with van der Waals surface area (Å²) in [6.07, 6.45) is 0.819. The van der Waals surface area contributed by atoms with Crippen LogP contribution in [0.4, 0.5) is 0 Å². The summed E-state index contributed by atoms with van der Waals surface area (Å²) >= 11 is 0. The normalized spacial score (nSPS) is 10.8. The number of furan rings is 1. The van der Waals surface area contributed by atoms with Gasteiger partial charge >= 0.3 is 5.97 Å². The number of carbonyl (C=O) groups is 1. The fourth-order valence-corrected chi connectivity index (χ4v) is 1.85. The number of hydrogen-bond donors (Lipinski definition) is 0. The summed E-state index contributed by atoms with van der Waals surface area (Å²) in [5.74, 6) is 0.320. The van der Waals surface area contributed by atoms with Crippen molar-refractivity contribution in [3.63, 3.8) is 0 Å². The molecular formula is C14H16O3. The largest absolute Gasteiger partial charge is 0.462 e. The Morgan fingerprint density at radius 3 is 2.82 bits per heavy atom. The van der Waals surface area contributed by atoms with E-state index in [0.717, 1.165) is 23.0 Å². The number of benzene rings is 1. The number of esters is 1. The van der Waals surface area contributed by atoms with Crippen molar-refractivity contribution in [2.45, 2.75) is 27.2 Å². The fraction of sp³-hybridized carbons (Fsp3) is 0.357. The number of rotatable bonds is 3. The van der Waals surface area contributed by atoms with Crippen LogP contribution in [0, 0.1) is 13.8 Å². The molecule has 0 aliphatic rings. The van der Waals surface area contributed by atoms with Crippen molar-refractivity contribution in [2.75, 3.05) is 6.61 Å². The Hall–Kier alpha value is -1.77. The average Bonchev–Trinajstić information content (AvgIpc) is 2.61. The number of carbonyl (C=O) groups excluding carboxylic acids is 1. The van der Waals surface area contributed by atoms with E-state index >= 15 is 0 Å². The van der Waals surface area contributed by atoms with Crippen molar-refractivity contribution in [3.8, 4) is 0 Å². The van der Waals surface area contributed by atoms with E-state index in [1.165, 1.54) is 0 Å². The Kier molecular flexibility index (Phi) is 3.18. The Bertz CT molecular complexity index is 552. The third kappa shape index (κ3) is 2.18. The maximum atomic E-state index is 11.9. The van der Waals surface area contributed by atoms with E-state index in [1.54, 1.807) is 6.92 Å². The van der Waals surface area contributed by atoms with Crippen LogP contribution < -0.4 is 0 Å². The molecule has 0 unspecified atom stereocenters. The van der Waals surface area contributed by atoms with Gasteiger partial charge in [0.05, 0.1) is 6.61 Å². The van der Waals surface area contributed by atoms with E-state index in [-0.39, 0.29) is 5.97 Å². The van der Waals surface area contributed by atoms with Gasteiger partial charge in [0, 0.05) is 5.39 Å². The zero-order valence-electron chi connectivity index (χ0n) is 10.4. The van der Waals surface area contributed by atoms with Crippen LogP contribution in [0.1, 0.15) is 35.0 Å². The third-order valence-corrected chi connectivity index (χ3v) is 2.66. The van der Waals surface area contributed by atoms with Crippen LogP contribution in [0.25, 0.3) is 11.0 Å². The highest BCUT2D eigenvalue weighted by atomic mass is 16.5. The van der Waals surface area contributed by atoms with Gasteiger partial charge < -0.3 is 9.15 Å². The molecule has 0 bridgehead atoms. The van der Waals surface area contributed by atoms with Gasteiger partial charge in [-0.15, -0.1) is 0 Å². The molecule has 0 saturated carbocycles. The minimum Gasteiger partial charge on any atom is -0.462 e. The summed E-state index contributed by atoms with van der Waals surface area (Å²) in [4.78, 5) is 11.9. The zero-order valence-corrected chi connectivity index (χ0v) is 10.4. The van der Waals surface area contributed by atoms with Crippen LogP contribution in [0.2, 0.25) is 0 Å². The Morgan fingerprint density at radius 1 is 1.35 bits per heavy atom. The molecule has 0 atom stereocenters. The molecule has 0 radical (unpaired) electrons. The lowest BCUT2D eigenvalue weighted by molar-refractivity contribution is 0.0505. The summed E-state index contributed by atoms with van der Waals surface area (Å²) in [7, 11) is 0. The van der Waals surface area contributed by atoms with Crippen molar-refractivity contribution < 1.29 is 13.9 Å². The summed E-state index contributed by atoms with van der Waals surface area (Å²) in [5.41, 5.74) is 2.39. The topological polar surface area (TPSA) is 39.4 Å². The highest BCUT2D eigenvalue weighted by Crippen LogP contribution is 2.27. The molecule has 2 aromatic rings. The highest BCUT2D eigenvalue weighted by molar-refractivity contribution is 6.04. The van der Waals surface area contributed by atoms with Crippen LogP contribution in [0.15, 0.2) is 22.6 Å². The molecular weight excluding hydrogens is 216 g/mol. The van der Waals surface area contributed by atoms with Crippen molar-refractivity contribution in [2.24, 2.45) is 0 Å². The smallest absolute Gasteiger partial charge is 0.342 e. The van der Waals surface area contributed by atoms with E-state index in [1.807, 2.05) is 32.0 Å². The second kappa shape index (κ2) is 4.62. The van der Waals surface area contributed by atoms with Gasteiger partial charge in [0.1, 0.15) is 16.9 Å². The van der Waals surface area contributed by atoms with Crippen molar-refractivity contribution in [1.82, 2.24) is 0 Å². The minimum atomic E-state index is -0.297. The molecule has 17 heavy (non-hydrogen) atoms. The quantitative estimate of drug-likeness (QED) is 0.759. The lowest BCUT2D eigenvalue weighted by Gasteiger charge is -2.02. The summed E-state index contributed by atoms with van der Waals surface area (Å²) in [6, 6.07) is 5.80. The molecule has 3 heteroatoms. The first-order valence-electron chi connectivity index (χ1n) is 5.80. The molecule has 1 aromatic carbocycles. The monoisotopic (exact) mass is 232 g/mol. The maximum absolute atomic E-state index is 11.9. The number of ether oxygens (including phenoxy) is 1. The van der Waals surface area contributed by atoms with Gasteiger partial charge in [0.2, 0.25) is 0 Å². The summed E-state index contributed by atoms with van der Waals surface area (Å²) in [6.45, 7) is 6.19. The first kappa shape index (κ1) is 11.7. The van der Waals surface area contributed by atoms with Crippen LogP contribution in [0.3, 0.4) is 0 Å². The first-order valence-corrected chi connectivity index (χ1v) is 5.80. The van der Waals surface area contributed by atoms with E-state index in [0.29, 0.717) is 17.9 Å². The molecule has 0 N–H and O–H groups in total. The standard InChI is InChI=1S/C14H16O3/c1-4-7-16-14(15)13-10(3)17-12-6-5-9(2)8-11(12)13/h5-6,8H,4,7H2,1-3H3.